The van der Waals surface area contributed by atoms with Gasteiger partial charge in [-0.1, -0.05) is 68.3 Å². The molecule has 0 aliphatic heterocycles. The van der Waals surface area contributed by atoms with Crippen LogP contribution >= 0.6 is 0 Å². The van der Waals surface area contributed by atoms with E-state index in [1.54, 1.807) is 0 Å². The summed E-state index contributed by atoms with van der Waals surface area (Å²) in [5, 5.41) is 17.8. The zero-order chi connectivity index (χ0) is 24.3. The first-order valence-corrected chi connectivity index (χ1v) is 9.64. The minimum atomic E-state index is -2.13. The van der Waals surface area contributed by atoms with E-state index in [1.807, 2.05) is 24.3 Å². The summed E-state index contributed by atoms with van der Waals surface area (Å²) in [6, 6.07) is 0. The van der Waals surface area contributed by atoms with E-state index < -0.39 is 38.5 Å². The van der Waals surface area contributed by atoms with Gasteiger partial charge in [0.15, 0.2) is 0 Å². The number of hydrogen-bond acceptors (Lipinski definition) is 4. The number of aliphatic hydroxyl groups is 2. The van der Waals surface area contributed by atoms with Crippen molar-refractivity contribution in [2.75, 3.05) is 13.2 Å². The number of aliphatic hydroxyl groups excluding tert-OH is 2. The Morgan fingerprint density at radius 3 is 2.07 bits per heavy atom. The third-order valence-corrected chi connectivity index (χ3v) is 3.48. The number of unbranched alkanes of at least 4 members (excludes halogenated alkanes) is 2. The number of carbonyl (C=O) groups is 1. The number of esters is 1. The molecule has 0 bridgehead atoms. The molecule has 0 radical (unpaired) electrons. The van der Waals surface area contributed by atoms with Crippen LogP contribution in [-0.2, 0) is 9.53 Å². The molecule has 0 rings (SSSR count). The highest BCUT2D eigenvalue weighted by molar-refractivity contribution is 5.69. The Bertz CT molecular complexity index is 610. The van der Waals surface area contributed by atoms with E-state index in [0.717, 1.165) is 38.5 Å². The fourth-order valence-electron chi connectivity index (χ4n) is 1.97. The number of ether oxygens (including phenoxy) is 1. The summed E-state index contributed by atoms with van der Waals surface area (Å²) in [5.41, 5.74) is 0. The minimum Gasteiger partial charge on any atom is -0.463 e. The lowest BCUT2D eigenvalue weighted by atomic mass is 10.2. The second-order valence-corrected chi connectivity index (χ2v) is 5.99. The second-order valence-electron chi connectivity index (χ2n) is 5.99. The Hall–Kier alpha value is -1.65. The molecule has 0 spiro atoms. The van der Waals surface area contributed by atoms with Gasteiger partial charge in [0.25, 0.3) is 0 Å². The highest BCUT2D eigenvalue weighted by Gasteiger charge is 2.06. The van der Waals surface area contributed by atoms with Crippen molar-refractivity contribution in [1.29, 1.82) is 0 Å². The lowest BCUT2D eigenvalue weighted by Gasteiger charge is -2.07. The van der Waals surface area contributed by atoms with Gasteiger partial charge in [0.2, 0.25) is 0 Å². The van der Waals surface area contributed by atoms with Crippen molar-refractivity contribution in [2.45, 2.75) is 77.1 Å². The third-order valence-electron chi connectivity index (χ3n) is 3.48. The number of allylic oxidation sites excluding steroid dienone is 8. The Labute approximate surface area is 172 Å². The Balaban J connectivity index is 3.79. The maximum absolute atomic E-state index is 11.7. The van der Waals surface area contributed by atoms with E-state index in [4.69, 9.17) is 17.1 Å². The van der Waals surface area contributed by atoms with E-state index in [9.17, 15) is 4.79 Å². The summed E-state index contributed by atoms with van der Waals surface area (Å²) < 4.78 is 41.5. The van der Waals surface area contributed by atoms with Crippen LogP contribution in [0.25, 0.3) is 0 Å². The van der Waals surface area contributed by atoms with Gasteiger partial charge in [-0.15, -0.1) is 0 Å². The molecule has 0 saturated carbocycles. The van der Waals surface area contributed by atoms with Crippen molar-refractivity contribution in [1.82, 2.24) is 0 Å². The molecule has 4 nitrogen and oxygen atoms in total. The Morgan fingerprint density at radius 1 is 0.963 bits per heavy atom. The summed E-state index contributed by atoms with van der Waals surface area (Å²) >= 11 is 0. The highest BCUT2D eigenvalue weighted by atomic mass is 16.5. The first-order valence-electron chi connectivity index (χ1n) is 12.1. The van der Waals surface area contributed by atoms with Crippen LogP contribution in [0.2, 0.25) is 0 Å². The van der Waals surface area contributed by atoms with Crippen molar-refractivity contribution in [2.24, 2.45) is 0 Å². The largest absolute Gasteiger partial charge is 0.463 e. The zero-order valence-corrected chi connectivity index (χ0v) is 16.2. The van der Waals surface area contributed by atoms with Crippen LogP contribution < -0.4 is 0 Å². The van der Waals surface area contributed by atoms with Gasteiger partial charge in [-0.3, -0.25) is 4.79 Å². The number of rotatable bonds is 17. The molecule has 2 N–H and O–H groups in total. The molecule has 4 heteroatoms. The lowest BCUT2D eigenvalue weighted by Crippen LogP contribution is -2.21. The van der Waals surface area contributed by atoms with Gasteiger partial charge >= 0.3 is 5.97 Å². The van der Waals surface area contributed by atoms with Crippen LogP contribution in [0.5, 0.6) is 0 Å². The molecular weight excluding hydrogens is 340 g/mol. The predicted molar refractivity (Wildman–Crippen MR) is 112 cm³/mol. The van der Waals surface area contributed by atoms with E-state index in [0.29, 0.717) is 6.42 Å². The van der Waals surface area contributed by atoms with Gasteiger partial charge in [0, 0.05) is 13.2 Å². The van der Waals surface area contributed by atoms with Crippen LogP contribution in [0.15, 0.2) is 48.6 Å². The molecule has 1 atom stereocenters. The molecule has 27 heavy (non-hydrogen) atoms. The third kappa shape index (κ3) is 20.5. The molecule has 0 fully saturated rings. The quantitative estimate of drug-likeness (QED) is 0.210. The van der Waals surface area contributed by atoms with Crippen molar-refractivity contribution >= 4 is 5.97 Å². The van der Waals surface area contributed by atoms with Gasteiger partial charge in [0.1, 0.15) is 12.7 Å². The molecule has 0 saturated heterocycles. The lowest BCUT2D eigenvalue weighted by molar-refractivity contribution is -0.147. The van der Waals surface area contributed by atoms with E-state index in [-0.39, 0.29) is 12.8 Å². The summed E-state index contributed by atoms with van der Waals surface area (Å²) in [5.74, 6) is -1.03. The fourth-order valence-corrected chi connectivity index (χ4v) is 1.97. The van der Waals surface area contributed by atoms with Gasteiger partial charge in [-0.05, 0) is 44.9 Å². The monoisotopic (exact) mass is 383 g/mol. The zero-order valence-electron chi connectivity index (χ0n) is 21.2. The predicted octanol–water partition coefficient (Wildman–Crippen LogP) is 5.03. The summed E-state index contributed by atoms with van der Waals surface area (Å²) in [6.45, 7) is -2.78. The van der Waals surface area contributed by atoms with Crippen LogP contribution in [0.3, 0.4) is 0 Å². The summed E-state index contributed by atoms with van der Waals surface area (Å²) in [4.78, 5) is 11.7. The molecule has 0 aromatic rings. The van der Waals surface area contributed by atoms with Crippen LogP contribution in [0.4, 0.5) is 0 Å². The number of carbonyl (C=O) groups excluding carboxylic acids is 1. The average molecular weight is 384 g/mol. The molecule has 0 aromatic heterocycles. The molecule has 0 aliphatic rings. The molecule has 0 heterocycles. The minimum absolute atomic E-state index is 0.0169. The fraction of sp³-hybridized carbons (Fsp3) is 0.609. The van der Waals surface area contributed by atoms with E-state index in [1.165, 1.54) is 0 Å². The summed E-state index contributed by atoms with van der Waals surface area (Å²) in [7, 11) is 0. The maximum Gasteiger partial charge on any atom is 0.305 e. The standard InChI is InChI=1S/C23H38O4/c1-2-3-4-5-6-7-8-9-10-11-12-13-14-15-16-17-18-19-23(26)27-21-22(25)20-24/h6-7,9-10,12-13,15-16,22,24-25H,2-5,8,11,14,17-21H2,1H3/b7-6-,10-9-,13-12-,16-15-/i1D3,19D2. The van der Waals surface area contributed by atoms with Crippen LogP contribution in [0.1, 0.15) is 77.9 Å². The van der Waals surface area contributed by atoms with Crippen molar-refractivity contribution in [3.8, 4) is 0 Å². The second kappa shape index (κ2) is 20.7. The van der Waals surface area contributed by atoms with Crippen LogP contribution in [0, 0.1) is 0 Å². The maximum atomic E-state index is 11.7. The van der Waals surface area contributed by atoms with Gasteiger partial charge < -0.3 is 14.9 Å². The first kappa shape index (κ1) is 17.4. The molecule has 1 unspecified atom stereocenters. The molecule has 0 aromatic carbocycles. The van der Waals surface area contributed by atoms with Crippen molar-refractivity contribution in [3.63, 3.8) is 0 Å². The molecular formula is C23H38O4. The smallest absolute Gasteiger partial charge is 0.305 e. The Kier molecular flexibility index (Phi) is 13.4. The molecule has 0 amide bonds. The number of hydrogen-bond donors (Lipinski definition) is 2. The normalized spacial score (nSPS) is 17.2. The molecule has 154 valence electrons. The van der Waals surface area contributed by atoms with Crippen molar-refractivity contribution in [3.05, 3.63) is 48.6 Å². The first-order chi connectivity index (χ1) is 15.1. The SMILES string of the molecule is [2H]C([2H])([2H])CCCC/C=C\C/C=C\C/C=C\C/C=C\CCC([2H])([2H])C(=O)OCC(O)CO. The van der Waals surface area contributed by atoms with Gasteiger partial charge in [-0.2, -0.15) is 0 Å². The van der Waals surface area contributed by atoms with Crippen LogP contribution in [-0.4, -0.2) is 35.5 Å². The van der Waals surface area contributed by atoms with Crippen molar-refractivity contribution < 1.29 is 26.6 Å². The van der Waals surface area contributed by atoms with E-state index in [2.05, 4.69) is 29.0 Å². The topological polar surface area (TPSA) is 66.8 Å². The van der Waals surface area contributed by atoms with E-state index >= 15 is 0 Å². The Morgan fingerprint density at radius 2 is 1.52 bits per heavy atom. The molecule has 0 aliphatic carbocycles. The summed E-state index contributed by atoms with van der Waals surface area (Å²) in [6.07, 6.45) is 18.4. The average Bonchev–Trinajstić information content (AvgIpc) is 2.72. The van der Waals surface area contributed by atoms with Gasteiger partial charge in [-0.25, -0.2) is 0 Å². The highest BCUT2D eigenvalue weighted by Crippen LogP contribution is 2.02. The van der Waals surface area contributed by atoms with Gasteiger partial charge in [0.05, 0.1) is 6.61 Å².